The molecular weight excluding hydrogens is 348 g/mol. The van der Waals surface area contributed by atoms with Crippen molar-refractivity contribution in [2.75, 3.05) is 7.05 Å². The minimum atomic E-state index is -0.695. The van der Waals surface area contributed by atoms with E-state index >= 15 is 0 Å². The Labute approximate surface area is 154 Å². The molecular formula is C19H18N4O2S. The number of carbonyl (C=O) groups excluding carboxylic acids is 1. The van der Waals surface area contributed by atoms with Crippen LogP contribution in [-0.4, -0.2) is 32.6 Å². The summed E-state index contributed by atoms with van der Waals surface area (Å²) in [6.45, 7) is 0. The van der Waals surface area contributed by atoms with Gasteiger partial charge in [0.1, 0.15) is 6.10 Å². The summed E-state index contributed by atoms with van der Waals surface area (Å²) in [6.07, 6.45) is 4.71. The Bertz CT molecular complexity index is 1010. The molecule has 0 saturated carbocycles. The number of aliphatic hydroxyl groups excluding tert-OH is 1. The third-order valence-corrected chi connectivity index (χ3v) is 6.60. The van der Waals surface area contributed by atoms with Crippen LogP contribution in [0.25, 0.3) is 11.3 Å². The maximum absolute atomic E-state index is 11.9. The fraction of sp³-hybridized carbons (Fsp3) is 0.316. The maximum Gasteiger partial charge on any atom is 0.280 e. The summed E-state index contributed by atoms with van der Waals surface area (Å²) < 4.78 is 2.16. The summed E-state index contributed by atoms with van der Waals surface area (Å²) in [5.74, 6) is -0.199. The van der Waals surface area contributed by atoms with Crippen LogP contribution >= 0.6 is 11.3 Å². The molecule has 2 aliphatic rings. The lowest BCUT2D eigenvalue weighted by atomic mass is 9.80. The molecule has 1 aromatic carbocycles. The van der Waals surface area contributed by atoms with Gasteiger partial charge in [-0.15, -0.1) is 11.3 Å². The van der Waals surface area contributed by atoms with Gasteiger partial charge in [0.2, 0.25) is 0 Å². The summed E-state index contributed by atoms with van der Waals surface area (Å²) in [7, 11) is 1.60. The second-order valence-corrected chi connectivity index (χ2v) is 7.86. The Morgan fingerprint density at radius 2 is 2.23 bits per heavy atom. The van der Waals surface area contributed by atoms with Gasteiger partial charge in [0, 0.05) is 23.4 Å². The molecule has 2 N–H and O–H groups in total. The van der Waals surface area contributed by atoms with E-state index in [4.69, 9.17) is 0 Å². The molecule has 6 nitrogen and oxygen atoms in total. The molecule has 3 aromatic rings. The molecule has 5 rings (SSSR count). The fourth-order valence-electron chi connectivity index (χ4n) is 4.28. The topological polar surface area (TPSA) is 80.0 Å². The highest BCUT2D eigenvalue weighted by atomic mass is 32.1. The second kappa shape index (κ2) is 5.75. The number of rotatable bonds is 2. The summed E-state index contributed by atoms with van der Waals surface area (Å²) >= 11 is 1.39. The van der Waals surface area contributed by atoms with Crippen molar-refractivity contribution < 1.29 is 9.90 Å². The van der Waals surface area contributed by atoms with Crippen molar-refractivity contribution in [3.8, 4) is 11.3 Å². The first kappa shape index (κ1) is 15.7. The van der Waals surface area contributed by atoms with Crippen LogP contribution in [-0.2, 0) is 6.42 Å². The van der Waals surface area contributed by atoms with Gasteiger partial charge in [0.05, 0.1) is 30.0 Å². The highest BCUT2D eigenvalue weighted by molar-refractivity contribution is 7.13. The molecule has 0 spiro atoms. The molecule has 7 heteroatoms. The van der Waals surface area contributed by atoms with E-state index in [0.717, 1.165) is 23.4 Å². The van der Waals surface area contributed by atoms with E-state index in [1.807, 2.05) is 24.7 Å². The number of carbonyl (C=O) groups is 1. The van der Waals surface area contributed by atoms with Gasteiger partial charge in [0.25, 0.3) is 5.91 Å². The van der Waals surface area contributed by atoms with E-state index in [2.05, 4.69) is 32.0 Å². The van der Waals surface area contributed by atoms with Crippen LogP contribution in [0.1, 0.15) is 44.5 Å². The number of aromatic nitrogens is 3. The minimum Gasteiger partial charge on any atom is -0.386 e. The molecule has 1 aliphatic carbocycles. The monoisotopic (exact) mass is 366 g/mol. The number of fused-ring (bicyclic) bond motifs is 4. The van der Waals surface area contributed by atoms with Crippen molar-refractivity contribution in [1.82, 2.24) is 19.9 Å². The van der Waals surface area contributed by atoms with Crippen LogP contribution in [0, 0.1) is 5.92 Å². The largest absolute Gasteiger partial charge is 0.386 e. The quantitative estimate of drug-likeness (QED) is 0.730. The van der Waals surface area contributed by atoms with Gasteiger partial charge in [-0.1, -0.05) is 24.3 Å². The average Bonchev–Trinajstić information content (AvgIpc) is 3.36. The van der Waals surface area contributed by atoms with E-state index in [1.54, 1.807) is 7.05 Å². The predicted molar refractivity (Wildman–Crippen MR) is 98.1 cm³/mol. The summed E-state index contributed by atoms with van der Waals surface area (Å²) in [5, 5.41) is 14.1. The summed E-state index contributed by atoms with van der Waals surface area (Å²) in [4.78, 5) is 21.7. The standard InChI is InChI=1S/C19H18N4O2S/c1-20-18(25)19-22-15-14(26-19)7-6-12(17(15)24)16-11-5-3-2-4-10(11)13-8-21-9-23(13)16/h2-5,8-9,12,16-17,24H,6-7H2,1H3,(H,20,25)/t12-,16?,17-/m0/s1. The molecule has 1 aliphatic heterocycles. The normalized spacial score (nSPS) is 23.2. The van der Waals surface area contributed by atoms with Crippen LogP contribution < -0.4 is 5.32 Å². The van der Waals surface area contributed by atoms with E-state index < -0.39 is 6.10 Å². The number of hydrogen-bond acceptors (Lipinski definition) is 5. The van der Waals surface area contributed by atoms with E-state index in [9.17, 15) is 9.90 Å². The third kappa shape index (κ3) is 2.10. The number of nitrogens with one attached hydrogen (secondary N) is 1. The molecule has 1 unspecified atom stereocenters. The highest BCUT2D eigenvalue weighted by Crippen LogP contribution is 2.50. The zero-order valence-corrected chi connectivity index (χ0v) is 15.0. The van der Waals surface area contributed by atoms with Gasteiger partial charge in [-0.25, -0.2) is 9.97 Å². The number of aryl methyl sites for hydroxylation is 1. The average molecular weight is 366 g/mol. The second-order valence-electron chi connectivity index (χ2n) is 6.77. The van der Waals surface area contributed by atoms with Gasteiger partial charge in [0.15, 0.2) is 5.01 Å². The SMILES string of the molecule is CNC(=O)c1nc2c(s1)CC[C@@H](C1c3ccccc3-c3cncn31)[C@@H]2O. The number of amides is 1. The molecule has 26 heavy (non-hydrogen) atoms. The molecule has 0 fully saturated rings. The number of aliphatic hydroxyl groups is 1. The molecule has 0 radical (unpaired) electrons. The van der Waals surface area contributed by atoms with E-state index in [-0.39, 0.29) is 17.9 Å². The number of hydrogen-bond donors (Lipinski definition) is 2. The first-order valence-electron chi connectivity index (χ1n) is 8.70. The number of imidazole rings is 1. The minimum absolute atomic E-state index is 0.00117. The highest BCUT2D eigenvalue weighted by Gasteiger charge is 2.42. The molecule has 2 aromatic heterocycles. The Balaban J connectivity index is 1.56. The van der Waals surface area contributed by atoms with Crippen LogP contribution in [0.3, 0.4) is 0 Å². The lowest BCUT2D eigenvalue weighted by molar-refractivity contribution is 0.0690. The number of thiazole rings is 1. The Morgan fingerprint density at radius 3 is 3.08 bits per heavy atom. The zero-order chi connectivity index (χ0) is 17.8. The first-order chi connectivity index (χ1) is 12.7. The molecule has 0 saturated heterocycles. The van der Waals surface area contributed by atoms with Gasteiger partial charge in [-0.3, -0.25) is 4.79 Å². The van der Waals surface area contributed by atoms with E-state index in [0.29, 0.717) is 10.7 Å². The maximum atomic E-state index is 11.9. The van der Waals surface area contributed by atoms with Gasteiger partial charge in [-0.05, 0) is 18.4 Å². The van der Waals surface area contributed by atoms with Gasteiger partial charge >= 0.3 is 0 Å². The molecule has 0 bridgehead atoms. The van der Waals surface area contributed by atoms with Crippen molar-refractivity contribution in [2.24, 2.45) is 5.92 Å². The van der Waals surface area contributed by atoms with Crippen LogP contribution in [0.5, 0.6) is 0 Å². The summed E-state index contributed by atoms with van der Waals surface area (Å²) in [5.41, 5.74) is 4.15. The lowest BCUT2D eigenvalue weighted by Crippen LogP contribution is -2.28. The lowest BCUT2D eigenvalue weighted by Gasteiger charge is -2.33. The van der Waals surface area contributed by atoms with Crippen LogP contribution in [0.4, 0.5) is 0 Å². The predicted octanol–water partition coefficient (Wildman–Crippen LogP) is 2.57. The third-order valence-electron chi connectivity index (χ3n) is 5.47. The summed E-state index contributed by atoms with van der Waals surface area (Å²) in [6, 6.07) is 8.35. The molecule has 1 amide bonds. The molecule has 132 valence electrons. The van der Waals surface area contributed by atoms with Crippen molar-refractivity contribution in [1.29, 1.82) is 0 Å². The van der Waals surface area contributed by atoms with Gasteiger partial charge < -0.3 is 15.0 Å². The van der Waals surface area contributed by atoms with Crippen molar-refractivity contribution >= 4 is 17.2 Å². The zero-order valence-electron chi connectivity index (χ0n) is 14.2. The molecule has 3 heterocycles. The van der Waals surface area contributed by atoms with Crippen molar-refractivity contribution in [3.63, 3.8) is 0 Å². The smallest absolute Gasteiger partial charge is 0.280 e. The Kier molecular flexibility index (Phi) is 3.48. The number of benzene rings is 1. The number of nitrogens with zero attached hydrogens (tertiary/aromatic N) is 3. The fourth-order valence-corrected chi connectivity index (χ4v) is 5.34. The Hall–Kier alpha value is -2.51. The molecule has 3 atom stereocenters. The van der Waals surface area contributed by atoms with Crippen molar-refractivity contribution in [2.45, 2.75) is 25.0 Å². The Morgan fingerprint density at radius 1 is 1.38 bits per heavy atom. The van der Waals surface area contributed by atoms with Crippen molar-refractivity contribution in [3.05, 3.63) is 57.9 Å². The van der Waals surface area contributed by atoms with Crippen LogP contribution in [0.2, 0.25) is 0 Å². The first-order valence-corrected chi connectivity index (χ1v) is 9.51. The van der Waals surface area contributed by atoms with E-state index in [1.165, 1.54) is 22.5 Å². The van der Waals surface area contributed by atoms with Crippen LogP contribution in [0.15, 0.2) is 36.8 Å². The van der Waals surface area contributed by atoms with Gasteiger partial charge in [-0.2, -0.15) is 0 Å².